The minimum absolute atomic E-state index is 0.136. The Morgan fingerprint density at radius 2 is 1.88 bits per heavy atom. The fraction of sp³-hybridized carbons (Fsp3) is 0.400. The van der Waals surface area contributed by atoms with E-state index in [0.29, 0.717) is 10.6 Å². The van der Waals surface area contributed by atoms with Gasteiger partial charge in [-0.25, -0.2) is 0 Å². The number of aryl methyl sites for hydroxylation is 1. The molecule has 0 aliphatic heterocycles. The molecule has 1 heterocycles. The van der Waals surface area contributed by atoms with Crippen molar-refractivity contribution in [3.8, 4) is 0 Å². The molecule has 138 valence electrons. The van der Waals surface area contributed by atoms with E-state index >= 15 is 0 Å². The average Bonchev–Trinajstić information content (AvgIpc) is 2.98. The second-order valence-electron chi connectivity index (χ2n) is 6.88. The minimum atomic E-state index is -0.455. The van der Waals surface area contributed by atoms with Crippen molar-refractivity contribution in [1.29, 1.82) is 0 Å². The first-order valence-corrected chi connectivity index (χ1v) is 9.85. The summed E-state index contributed by atoms with van der Waals surface area (Å²) in [7, 11) is 0. The van der Waals surface area contributed by atoms with Crippen molar-refractivity contribution < 1.29 is 9.59 Å². The Morgan fingerprint density at radius 1 is 1.19 bits per heavy atom. The fourth-order valence-electron chi connectivity index (χ4n) is 3.43. The third-order valence-corrected chi connectivity index (χ3v) is 5.90. The van der Waals surface area contributed by atoms with Crippen LogP contribution in [0.5, 0.6) is 0 Å². The number of hydrogen-bond donors (Lipinski definition) is 2. The standard InChI is InChI=1S/C20H25N3O2S/c1-13(2)23(14-8-4-3-5-9-14)12-17(24)22-20-18(19(21)25)15-10-6-7-11-16(15)26-20/h3-5,8-9,13H,6-7,10-12H2,1-2H3,(H2,21,25)(H,22,24). The first-order valence-electron chi connectivity index (χ1n) is 9.03. The number of benzene rings is 1. The third kappa shape index (κ3) is 3.90. The van der Waals surface area contributed by atoms with E-state index in [-0.39, 0.29) is 18.5 Å². The van der Waals surface area contributed by atoms with Crippen LogP contribution >= 0.6 is 11.3 Å². The SMILES string of the molecule is CC(C)N(CC(=O)Nc1sc2c(c1C(N)=O)CCCC2)c1ccccc1. The Hall–Kier alpha value is -2.34. The van der Waals surface area contributed by atoms with E-state index in [9.17, 15) is 9.59 Å². The molecule has 2 amide bonds. The van der Waals surface area contributed by atoms with Crippen molar-refractivity contribution in [3.63, 3.8) is 0 Å². The number of carbonyl (C=O) groups excluding carboxylic acids is 2. The van der Waals surface area contributed by atoms with Crippen LogP contribution in [-0.4, -0.2) is 24.4 Å². The smallest absolute Gasteiger partial charge is 0.251 e. The summed E-state index contributed by atoms with van der Waals surface area (Å²) >= 11 is 1.50. The molecule has 26 heavy (non-hydrogen) atoms. The number of fused-ring (bicyclic) bond motifs is 1. The molecule has 1 aromatic heterocycles. The van der Waals surface area contributed by atoms with Crippen LogP contribution in [-0.2, 0) is 17.6 Å². The summed E-state index contributed by atoms with van der Waals surface area (Å²) in [6, 6.07) is 10.0. The van der Waals surface area contributed by atoms with Gasteiger partial charge in [-0.1, -0.05) is 18.2 Å². The lowest BCUT2D eigenvalue weighted by Crippen LogP contribution is -2.38. The number of rotatable bonds is 6. The quantitative estimate of drug-likeness (QED) is 0.815. The maximum absolute atomic E-state index is 12.7. The second kappa shape index (κ2) is 7.91. The van der Waals surface area contributed by atoms with Crippen LogP contribution in [0.1, 0.15) is 47.5 Å². The molecule has 1 aromatic carbocycles. The molecule has 0 saturated heterocycles. The van der Waals surface area contributed by atoms with Crippen molar-refractivity contribution in [1.82, 2.24) is 0 Å². The molecule has 0 unspecified atom stereocenters. The van der Waals surface area contributed by atoms with Gasteiger partial charge in [0.2, 0.25) is 5.91 Å². The van der Waals surface area contributed by atoms with Gasteiger partial charge in [0.05, 0.1) is 12.1 Å². The largest absolute Gasteiger partial charge is 0.365 e. The van der Waals surface area contributed by atoms with Gasteiger partial charge in [0.15, 0.2) is 0 Å². The first-order chi connectivity index (χ1) is 12.5. The Balaban J connectivity index is 1.79. The molecule has 0 spiro atoms. The first kappa shape index (κ1) is 18.5. The van der Waals surface area contributed by atoms with Crippen LogP contribution in [0.25, 0.3) is 0 Å². The number of carbonyl (C=O) groups is 2. The van der Waals surface area contributed by atoms with Crippen molar-refractivity contribution in [2.45, 2.75) is 45.6 Å². The van der Waals surface area contributed by atoms with Crippen LogP contribution in [0.2, 0.25) is 0 Å². The number of nitrogens with two attached hydrogens (primary N) is 1. The van der Waals surface area contributed by atoms with Gasteiger partial charge in [-0.05, 0) is 57.2 Å². The van der Waals surface area contributed by atoms with E-state index in [1.807, 2.05) is 35.2 Å². The van der Waals surface area contributed by atoms with Gasteiger partial charge in [0, 0.05) is 16.6 Å². The van der Waals surface area contributed by atoms with Crippen LogP contribution in [0.3, 0.4) is 0 Å². The Labute approximate surface area is 158 Å². The van der Waals surface area contributed by atoms with E-state index in [2.05, 4.69) is 19.2 Å². The van der Waals surface area contributed by atoms with Gasteiger partial charge < -0.3 is 16.0 Å². The van der Waals surface area contributed by atoms with E-state index in [1.54, 1.807) is 0 Å². The molecule has 0 fully saturated rings. The van der Waals surface area contributed by atoms with Crippen molar-refractivity contribution in [2.75, 3.05) is 16.8 Å². The molecule has 2 aromatic rings. The highest BCUT2D eigenvalue weighted by atomic mass is 32.1. The Morgan fingerprint density at radius 3 is 2.54 bits per heavy atom. The molecule has 1 aliphatic carbocycles. The number of hydrogen-bond acceptors (Lipinski definition) is 4. The molecule has 0 bridgehead atoms. The molecular weight excluding hydrogens is 346 g/mol. The van der Waals surface area contributed by atoms with Crippen molar-refractivity contribution in [3.05, 3.63) is 46.3 Å². The lowest BCUT2D eigenvalue weighted by Gasteiger charge is -2.28. The van der Waals surface area contributed by atoms with Crippen molar-refractivity contribution in [2.24, 2.45) is 5.73 Å². The molecule has 3 rings (SSSR count). The predicted octanol–water partition coefficient (Wildman–Crippen LogP) is 3.58. The van der Waals surface area contributed by atoms with Gasteiger partial charge in [0.1, 0.15) is 5.00 Å². The summed E-state index contributed by atoms with van der Waals surface area (Å²) in [6.45, 7) is 4.33. The van der Waals surface area contributed by atoms with Gasteiger partial charge in [-0.15, -0.1) is 11.3 Å². The second-order valence-corrected chi connectivity index (χ2v) is 7.99. The highest BCUT2D eigenvalue weighted by Crippen LogP contribution is 2.37. The van der Waals surface area contributed by atoms with Crippen molar-refractivity contribution >= 4 is 33.8 Å². The summed E-state index contributed by atoms with van der Waals surface area (Å²) < 4.78 is 0. The lowest BCUT2D eigenvalue weighted by atomic mass is 9.95. The minimum Gasteiger partial charge on any atom is -0.365 e. The summed E-state index contributed by atoms with van der Waals surface area (Å²) in [6.07, 6.45) is 4.00. The molecular formula is C20H25N3O2S. The highest BCUT2D eigenvalue weighted by molar-refractivity contribution is 7.17. The van der Waals surface area contributed by atoms with Gasteiger partial charge in [0.25, 0.3) is 5.91 Å². The number of thiophene rings is 1. The maximum atomic E-state index is 12.7. The zero-order valence-corrected chi connectivity index (χ0v) is 16.1. The van der Waals surface area contributed by atoms with E-state index in [4.69, 9.17) is 5.73 Å². The topological polar surface area (TPSA) is 75.4 Å². The van der Waals surface area contributed by atoms with E-state index < -0.39 is 5.91 Å². The predicted molar refractivity (Wildman–Crippen MR) is 107 cm³/mol. The number of para-hydroxylation sites is 1. The fourth-order valence-corrected chi connectivity index (χ4v) is 4.74. The van der Waals surface area contributed by atoms with Crippen LogP contribution in [0.15, 0.2) is 30.3 Å². The van der Waals surface area contributed by atoms with Crippen LogP contribution < -0.4 is 16.0 Å². The van der Waals surface area contributed by atoms with Gasteiger partial charge in [-0.3, -0.25) is 9.59 Å². The lowest BCUT2D eigenvalue weighted by molar-refractivity contribution is -0.115. The molecule has 1 aliphatic rings. The number of primary amides is 1. The molecule has 3 N–H and O–H groups in total. The van der Waals surface area contributed by atoms with Gasteiger partial charge in [-0.2, -0.15) is 0 Å². The normalized spacial score (nSPS) is 13.3. The highest BCUT2D eigenvalue weighted by Gasteiger charge is 2.25. The third-order valence-electron chi connectivity index (χ3n) is 4.70. The summed E-state index contributed by atoms with van der Waals surface area (Å²) in [4.78, 5) is 27.9. The van der Waals surface area contributed by atoms with E-state index in [0.717, 1.165) is 36.9 Å². The Kier molecular flexibility index (Phi) is 5.61. The molecule has 5 nitrogen and oxygen atoms in total. The number of nitrogens with zero attached hydrogens (tertiary/aromatic N) is 1. The number of anilines is 2. The monoisotopic (exact) mass is 371 g/mol. The molecule has 0 atom stereocenters. The Bertz CT molecular complexity index is 799. The summed E-state index contributed by atoms with van der Waals surface area (Å²) in [5, 5.41) is 3.54. The summed E-state index contributed by atoms with van der Waals surface area (Å²) in [5.41, 5.74) is 8.15. The van der Waals surface area contributed by atoms with E-state index in [1.165, 1.54) is 16.2 Å². The number of nitrogens with one attached hydrogen (secondary N) is 1. The van der Waals surface area contributed by atoms with Crippen LogP contribution in [0.4, 0.5) is 10.7 Å². The summed E-state index contributed by atoms with van der Waals surface area (Å²) in [5.74, 6) is -0.591. The maximum Gasteiger partial charge on any atom is 0.251 e. The van der Waals surface area contributed by atoms with Crippen LogP contribution in [0, 0.1) is 0 Å². The number of amides is 2. The molecule has 0 radical (unpaired) electrons. The average molecular weight is 372 g/mol. The zero-order valence-electron chi connectivity index (χ0n) is 15.2. The molecule has 0 saturated carbocycles. The van der Waals surface area contributed by atoms with Gasteiger partial charge >= 0.3 is 0 Å². The molecule has 6 heteroatoms. The zero-order chi connectivity index (χ0) is 18.7.